The monoisotopic (exact) mass is 222 g/mol. The van der Waals surface area contributed by atoms with Crippen molar-refractivity contribution in [1.29, 1.82) is 0 Å². The van der Waals surface area contributed by atoms with E-state index in [1.165, 1.54) is 30.4 Å². The molecule has 0 nitrogen and oxygen atoms in total. The van der Waals surface area contributed by atoms with Gasteiger partial charge < -0.3 is 0 Å². The number of rotatable bonds is 1. The van der Waals surface area contributed by atoms with Crippen LogP contribution in [-0.2, 0) is 12.8 Å². The molecule has 1 atom stereocenters. The molecule has 1 aliphatic rings. The van der Waals surface area contributed by atoms with Crippen LogP contribution in [0.5, 0.6) is 0 Å². The Labute approximate surface area is 103 Å². The van der Waals surface area contributed by atoms with Crippen LogP contribution in [0.2, 0.25) is 0 Å². The highest BCUT2D eigenvalue weighted by atomic mass is 14.2. The number of benzene rings is 2. The van der Waals surface area contributed by atoms with Crippen molar-refractivity contribution in [1.82, 2.24) is 0 Å². The van der Waals surface area contributed by atoms with E-state index in [0.29, 0.717) is 5.92 Å². The van der Waals surface area contributed by atoms with Crippen LogP contribution in [-0.4, -0.2) is 0 Å². The van der Waals surface area contributed by atoms with Gasteiger partial charge in [0, 0.05) is 0 Å². The fourth-order valence-corrected chi connectivity index (χ4v) is 2.82. The van der Waals surface area contributed by atoms with Crippen molar-refractivity contribution in [3.63, 3.8) is 0 Å². The molecule has 0 amide bonds. The lowest BCUT2D eigenvalue weighted by atomic mass is 9.80. The molecule has 86 valence electrons. The molecule has 0 heteroatoms. The lowest BCUT2D eigenvalue weighted by molar-refractivity contribution is 0.585. The molecule has 1 aliphatic carbocycles. The van der Waals surface area contributed by atoms with E-state index in [4.69, 9.17) is 0 Å². The Morgan fingerprint density at radius 3 is 2.35 bits per heavy atom. The molecule has 0 fully saturated rings. The molecule has 0 saturated carbocycles. The van der Waals surface area contributed by atoms with Crippen molar-refractivity contribution in [2.75, 3.05) is 0 Å². The molecule has 3 rings (SSSR count). The average Bonchev–Trinajstić information content (AvgIpc) is 2.39. The number of aryl methyl sites for hydroxylation is 2. The molecular formula is C17H18. The van der Waals surface area contributed by atoms with Crippen molar-refractivity contribution in [3.05, 3.63) is 70.8 Å². The summed E-state index contributed by atoms with van der Waals surface area (Å²) < 4.78 is 0. The first-order valence-corrected chi connectivity index (χ1v) is 6.46. The maximum absolute atomic E-state index is 2.30. The summed E-state index contributed by atoms with van der Waals surface area (Å²) in [5.41, 5.74) is 5.95. The maximum atomic E-state index is 2.30. The molecule has 0 N–H and O–H groups in total. The van der Waals surface area contributed by atoms with Gasteiger partial charge in [-0.1, -0.05) is 54.1 Å². The van der Waals surface area contributed by atoms with E-state index < -0.39 is 0 Å². The van der Waals surface area contributed by atoms with Gasteiger partial charge in [-0.05, 0) is 48.8 Å². The molecule has 0 spiro atoms. The molecule has 1 unspecified atom stereocenters. The minimum atomic E-state index is 0.713. The second-order valence-corrected chi connectivity index (χ2v) is 5.12. The Morgan fingerprint density at radius 2 is 1.59 bits per heavy atom. The molecule has 0 bridgehead atoms. The van der Waals surface area contributed by atoms with Crippen LogP contribution in [0.4, 0.5) is 0 Å². The topological polar surface area (TPSA) is 0 Å². The van der Waals surface area contributed by atoms with Crippen LogP contribution >= 0.6 is 0 Å². The van der Waals surface area contributed by atoms with E-state index in [1.807, 2.05) is 0 Å². The molecule has 0 radical (unpaired) electrons. The van der Waals surface area contributed by atoms with Gasteiger partial charge in [-0.15, -0.1) is 0 Å². The summed E-state index contributed by atoms with van der Waals surface area (Å²) in [5.74, 6) is 0.713. The standard InChI is InChI=1S/C17H18/c1-13-6-8-15(9-7-13)17-11-10-14-4-2-3-5-16(14)12-17/h2-9,17H,10-12H2,1H3. The van der Waals surface area contributed by atoms with Gasteiger partial charge in [-0.3, -0.25) is 0 Å². The zero-order chi connectivity index (χ0) is 11.7. The van der Waals surface area contributed by atoms with Gasteiger partial charge in [0.2, 0.25) is 0 Å². The predicted molar refractivity (Wildman–Crippen MR) is 72.4 cm³/mol. The zero-order valence-electron chi connectivity index (χ0n) is 10.3. The Hall–Kier alpha value is -1.56. The highest BCUT2D eigenvalue weighted by Gasteiger charge is 2.19. The Kier molecular flexibility index (Phi) is 2.72. The van der Waals surface area contributed by atoms with Crippen molar-refractivity contribution < 1.29 is 0 Å². The average molecular weight is 222 g/mol. The second-order valence-electron chi connectivity index (χ2n) is 5.12. The van der Waals surface area contributed by atoms with Crippen LogP contribution in [0.15, 0.2) is 48.5 Å². The summed E-state index contributed by atoms with van der Waals surface area (Å²) in [4.78, 5) is 0. The molecule has 2 aromatic carbocycles. The lowest BCUT2D eigenvalue weighted by Gasteiger charge is -2.25. The SMILES string of the molecule is Cc1ccc(C2CCc3ccccc3C2)cc1. The van der Waals surface area contributed by atoms with E-state index in [9.17, 15) is 0 Å². The second kappa shape index (κ2) is 4.37. The van der Waals surface area contributed by atoms with Gasteiger partial charge in [0.05, 0.1) is 0 Å². The first-order valence-electron chi connectivity index (χ1n) is 6.46. The quantitative estimate of drug-likeness (QED) is 0.676. The number of hydrogen-bond donors (Lipinski definition) is 0. The molecule has 2 aromatic rings. The predicted octanol–water partition coefficient (Wildman–Crippen LogP) is 4.27. The highest BCUT2D eigenvalue weighted by molar-refractivity contribution is 5.34. The lowest BCUT2D eigenvalue weighted by Crippen LogP contribution is -2.12. The Balaban J connectivity index is 1.86. The van der Waals surface area contributed by atoms with Gasteiger partial charge in [0.1, 0.15) is 0 Å². The summed E-state index contributed by atoms with van der Waals surface area (Å²) in [5, 5.41) is 0. The molecule has 0 aliphatic heterocycles. The fourth-order valence-electron chi connectivity index (χ4n) is 2.82. The van der Waals surface area contributed by atoms with Gasteiger partial charge in [-0.2, -0.15) is 0 Å². The van der Waals surface area contributed by atoms with E-state index in [-0.39, 0.29) is 0 Å². The molecule has 0 saturated heterocycles. The van der Waals surface area contributed by atoms with Gasteiger partial charge in [-0.25, -0.2) is 0 Å². The molecule has 0 aromatic heterocycles. The van der Waals surface area contributed by atoms with Gasteiger partial charge >= 0.3 is 0 Å². The van der Waals surface area contributed by atoms with Crippen LogP contribution in [0.1, 0.15) is 34.6 Å². The van der Waals surface area contributed by atoms with Gasteiger partial charge in [0.25, 0.3) is 0 Å². The van der Waals surface area contributed by atoms with E-state index in [0.717, 1.165) is 0 Å². The molecule has 0 heterocycles. The Bertz CT molecular complexity index is 508. The summed E-state index contributed by atoms with van der Waals surface area (Å²) in [6, 6.07) is 17.9. The molecular weight excluding hydrogens is 204 g/mol. The van der Waals surface area contributed by atoms with Crippen LogP contribution < -0.4 is 0 Å². The third-order valence-electron chi connectivity index (χ3n) is 3.90. The Morgan fingerprint density at radius 1 is 0.882 bits per heavy atom. The largest absolute Gasteiger partial charge is 0.0620 e. The van der Waals surface area contributed by atoms with Crippen molar-refractivity contribution in [3.8, 4) is 0 Å². The van der Waals surface area contributed by atoms with Crippen LogP contribution in [0.25, 0.3) is 0 Å². The maximum Gasteiger partial charge on any atom is -0.0118 e. The minimum Gasteiger partial charge on any atom is -0.0620 e. The summed E-state index contributed by atoms with van der Waals surface area (Å²) in [6.45, 7) is 2.15. The number of fused-ring (bicyclic) bond motifs is 1. The normalized spacial score (nSPS) is 18.8. The van der Waals surface area contributed by atoms with Crippen molar-refractivity contribution in [2.24, 2.45) is 0 Å². The van der Waals surface area contributed by atoms with Crippen LogP contribution in [0, 0.1) is 6.92 Å². The number of hydrogen-bond acceptors (Lipinski definition) is 0. The van der Waals surface area contributed by atoms with Crippen molar-refractivity contribution >= 4 is 0 Å². The van der Waals surface area contributed by atoms with E-state index >= 15 is 0 Å². The highest BCUT2D eigenvalue weighted by Crippen LogP contribution is 2.32. The first kappa shape index (κ1) is 10.6. The fraction of sp³-hybridized carbons (Fsp3) is 0.294. The molecule has 17 heavy (non-hydrogen) atoms. The summed E-state index contributed by atoms with van der Waals surface area (Å²) >= 11 is 0. The van der Waals surface area contributed by atoms with Crippen molar-refractivity contribution in [2.45, 2.75) is 32.1 Å². The zero-order valence-corrected chi connectivity index (χ0v) is 10.3. The first-order chi connectivity index (χ1) is 8.33. The van der Waals surface area contributed by atoms with Gasteiger partial charge in [0.15, 0.2) is 0 Å². The summed E-state index contributed by atoms with van der Waals surface area (Å²) in [6.07, 6.45) is 3.73. The van der Waals surface area contributed by atoms with E-state index in [2.05, 4.69) is 55.5 Å². The smallest absolute Gasteiger partial charge is 0.0118 e. The third kappa shape index (κ3) is 2.12. The minimum absolute atomic E-state index is 0.713. The van der Waals surface area contributed by atoms with Crippen LogP contribution in [0.3, 0.4) is 0 Å². The van der Waals surface area contributed by atoms with E-state index in [1.54, 1.807) is 11.1 Å². The third-order valence-corrected chi connectivity index (χ3v) is 3.90. The summed E-state index contributed by atoms with van der Waals surface area (Å²) in [7, 11) is 0.